The highest BCUT2D eigenvalue weighted by Gasteiger charge is 2.38. The van der Waals surface area contributed by atoms with Gasteiger partial charge in [-0.15, -0.1) is 0 Å². The van der Waals surface area contributed by atoms with Gasteiger partial charge in [0.25, 0.3) is 0 Å². The second-order valence-corrected chi connectivity index (χ2v) is 4.49. The molecule has 0 radical (unpaired) electrons. The quantitative estimate of drug-likeness (QED) is 0.586. The first-order chi connectivity index (χ1) is 11.1. The number of nitrogens with one attached hydrogen (secondary N) is 1. The molecule has 0 spiro atoms. The summed E-state index contributed by atoms with van der Waals surface area (Å²) in [5.74, 6) is -1.34. The molecule has 0 amide bonds. The van der Waals surface area contributed by atoms with E-state index >= 15 is 0 Å². The van der Waals surface area contributed by atoms with E-state index in [9.17, 15) is 13.2 Å². The van der Waals surface area contributed by atoms with Crippen LogP contribution >= 0.6 is 0 Å². The first-order valence-electron chi connectivity index (χ1n) is 6.40. The number of fused-ring (bicyclic) bond motifs is 1. The number of nitrogen functional groups attached to an aromatic ring is 1. The fourth-order valence-corrected chi connectivity index (χ4v) is 1.74. The summed E-state index contributed by atoms with van der Waals surface area (Å²) < 4.78 is 42.2. The third-order valence-corrected chi connectivity index (χ3v) is 2.90. The maximum Gasteiger partial charge on any atom is 0.490 e. The van der Waals surface area contributed by atoms with Crippen LogP contribution in [0.5, 0.6) is 11.5 Å². The van der Waals surface area contributed by atoms with Crippen LogP contribution in [0.4, 0.5) is 13.2 Å². The molecule has 0 aromatic heterocycles. The number of hydrogen-bond donors (Lipinski definition) is 3. The highest BCUT2D eigenvalue weighted by atomic mass is 19.4. The molecule has 2 rings (SSSR count). The Morgan fingerprint density at radius 2 is 1.54 bits per heavy atom. The molecule has 6 nitrogen and oxygen atoms in total. The Balaban J connectivity index is 0.000000351. The van der Waals surface area contributed by atoms with Crippen molar-refractivity contribution in [2.45, 2.75) is 6.18 Å². The molecule has 0 saturated carbocycles. The normalized spacial score (nSPS) is 10.5. The number of alkyl halides is 3. The van der Waals surface area contributed by atoms with Gasteiger partial charge >= 0.3 is 12.1 Å². The lowest BCUT2D eigenvalue weighted by molar-refractivity contribution is -0.192. The van der Waals surface area contributed by atoms with Crippen molar-refractivity contribution < 1.29 is 32.5 Å². The molecule has 2 aromatic carbocycles. The average Bonchev–Trinajstić information content (AvgIpc) is 2.52. The SMILES string of the molecule is COc1cc2ccc(C(=N)N)cc2cc1OC.O=C(O)C(F)(F)F. The van der Waals surface area contributed by atoms with Crippen LogP contribution in [0.15, 0.2) is 30.3 Å². The molecule has 130 valence electrons. The molecule has 0 heterocycles. The number of hydrogen-bond acceptors (Lipinski definition) is 4. The molecule has 0 aliphatic rings. The van der Waals surface area contributed by atoms with Crippen molar-refractivity contribution in [2.24, 2.45) is 5.73 Å². The van der Waals surface area contributed by atoms with Gasteiger partial charge in [-0.1, -0.05) is 12.1 Å². The highest BCUT2D eigenvalue weighted by molar-refractivity contribution is 5.99. The second kappa shape index (κ2) is 7.53. The molecule has 0 fully saturated rings. The standard InChI is InChI=1S/C13H14N2O2.C2HF3O2/c1-16-11-6-8-3-4-9(13(14)15)5-10(8)7-12(11)17-2;3-2(4,5)1(6)7/h3-7H,1-2H3,(H3,14,15);(H,6,7). The summed E-state index contributed by atoms with van der Waals surface area (Å²) in [6, 6.07) is 9.36. The molecule has 0 bridgehead atoms. The first kappa shape index (κ1) is 19.1. The molecule has 2 aromatic rings. The lowest BCUT2D eigenvalue weighted by Gasteiger charge is -2.09. The van der Waals surface area contributed by atoms with E-state index in [1.165, 1.54) is 0 Å². The monoisotopic (exact) mass is 344 g/mol. The second-order valence-electron chi connectivity index (χ2n) is 4.49. The molecule has 0 unspecified atom stereocenters. The van der Waals surface area contributed by atoms with Gasteiger partial charge in [-0.25, -0.2) is 4.79 Å². The zero-order valence-corrected chi connectivity index (χ0v) is 12.8. The number of benzene rings is 2. The van der Waals surface area contributed by atoms with Crippen molar-refractivity contribution >= 4 is 22.6 Å². The first-order valence-corrected chi connectivity index (χ1v) is 6.40. The van der Waals surface area contributed by atoms with Crippen molar-refractivity contribution in [3.8, 4) is 11.5 Å². The third-order valence-electron chi connectivity index (χ3n) is 2.90. The Labute approximate surface area is 135 Å². The van der Waals surface area contributed by atoms with Crippen molar-refractivity contribution in [3.05, 3.63) is 35.9 Å². The summed E-state index contributed by atoms with van der Waals surface area (Å²) in [7, 11) is 3.20. The summed E-state index contributed by atoms with van der Waals surface area (Å²) in [4.78, 5) is 8.90. The molecule has 0 aliphatic carbocycles. The van der Waals surface area contributed by atoms with E-state index in [4.69, 9.17) is 30.5 Å². The minimum atomic E-state index is -5.08. The van der Waals surface area contributed by atoms with Crippen molar-refractivity contribution in [1.82, 2.24) is 0 Å². The Bertz CT molecular complexity index is 760. The zero-order chi connectivity index (χ0) is 18.5. The number of carboxylic acids is 1. The van der Waals surface area contributed by atoms with Crippen molar-refractivity contribution in [2.75, 3.05) is 14.2 Å². The van der Waals surface area contributed by atoms with Crippen LogP contribution in [0, 0.1) is 5.41 Å². The number of methoxy groups -OCH3 is 2. The van der Waals surface area contributed by atoms with Gasteiger partial charge in [0, 0.05) is 5.56 Å². The summed E-state index contributed by atoms with van der Waals surface area (Å²) >= 11 is 0. The molecule has 0 saturated heterocycles. The van der Waals surface area contributed by atoms with Crippen LogP contribution in [0.25, 0.3) is 10.8 Å². The van der Waals surface area contributed by atoms with Gasteiger partial charge in [-0.2, -0.15) is 13.2 Å². The van der Waals surface area contributed by atoms with E-state index in [0.29, 0.717) is 17.1 Å². The number of carbonyl (C=O) groups is 1. The molecule has 24 heavy (non-hydrogen) atoms. The topological polar surface area (TPSA) is 106 Å². The summed E-state index contributed by atoms with van der Waals surface area (Å²) in [5.41, 5.74) is 6.16. The number of rotatable bonds is 3. The largest absolute Gasteiger partial charge is 0.493 e. The Kier molecular flexibility index (Phi) is 5.99. The van der Waals surface area contributed by atoms with E-state index < -0.39 is 12.1 Å². The fourth-order valence-electron chi connectivity index (χ4n) is 1.74. The average molecular weight is 344 g/mol. The van der Waals surface area contributed by atoms with Crippen LogP contribution in [-0.2, 0) is 4.79 Å². The van der Waals surface area contributed by atoms with E-state index in [-0.39, 0.29) is 5.84 Å². The number of amidine groups is 1. The van der Waals surface area contributed by atoms with Crippen molar-refractivity contribution in [3.63, 3.8) is 0 Å². The van der Waals surface area contributed by atoms with Crippen LogP contribution in [0.2, 0.25) is 0 Å². The number of aliphatic carboxylic acids is 1. The summed E-state index contributed by atoms with van der Waals surface area (Å²) in [6.07, 6.45) is -5.08. The number of halogens is 3. The van der Waals surface area contributed by atoms with Crippen LogP contribution in [0.3, 0.4) is 0 Å². The Morgan fingerprint density at radius 3 is 1.92 bits per heavy atom. The number of ether oxygens (including phenoxy) is 2. The number of carboxylic acid groups (broad SMARTS) is 1. The van der Waals surface area contributed by atoms with Gasteiger partial charge < -0.3 is 20.3 Å². The van der Waals surface area contributed by atoms with E-state index in [1.807, 2.05) is 30.3 Å². The Hall–Kier alpha value is -2.97. The van der Waals surface area contributed by atoms with Gasteiger partial charge in [0.15, 0.2) is 11.5 Å². The summed E-state index contributed by atoms with van der Waals surface area (Å²) in [6.45, 7) is 0. The maximum absolute atomic E-state index is 10.6. The van der Waals surface area contributed by atoms with Crippen LogP contribution in [0.1, 0.15) is 5.56 Å². The predicted molar refractivity (Wildman–Crippen MR) is 81.8 cm³/mol. The van der Waals surface area contributed by atoms with Gasteiger partial charge in [0.2, 0.25) is 0 Å². The maximum atomic E-state index is 10.6. The lowest BCUT2D eigenvalue weighted by Crippen LogP contribution is -2.21. The Morgan fingerprint density at radius 1 is 1.08 bits per heavy atom. The third kappa shape index (κ3) is 4.77. The molecular weight excluding hydrogens is 329 g/mol. The molecule has 4 N–H and O–H groups in total. The minimum Gasteiger partial charge on any atom is -0.493 e. The van der Waals surface area contributed by atoms with E-state index in [2.05, 4.69) is 0 Å². The van der Waals surface area contributed by atoms with Crippen LogP contribution < -0.4 is 15.2 Å². The summed E-state index contributed by atoms with van der Waals surface area (Å²) in [5, 5.41) is 16.5. The minimum absolute atomic E-state index is 0.0571. The van der Waals surface area contributed by atoms with E-state index in [0.717, 1.165) is 10.8 Å². The highest BCUT2D eigenvalue weighted by Crippen LogP contribution is 2.32. The van der Waals surface area contributed by atoms with Gasteiger partial charge in [-0.3, -0.25) is 5.41 Å². The molecule has 9 heteroatoms. The zero-order valence-electron chi connectivity index (χ0n) is 12.8. The fraction of sp³-hybridized carbons (Fsp3) is 0.200. The van der Waals surface area contributed by atoms with Crippen LogP contribution in [-0.4, -0.2) is 37.3 Å². The van der Waals surface area contributed by atoms with E-state index in [1.54, 1.807) is 14.2 Å². The molecule has 0 aliphatic heterocycles. The lowest BCUT2D eigenvalue weighted by atomic mass is 10.1. The van der Waals surface area contributed by atoms with Crippen molar-refractivity contribution in [1.29, 1.82) is 5.41 Å². The molecular formula is C15H15F3N2O4. The number of nitrogens with two attached hydrogens (primary N) is 1. The molecule has 0 atom stereocenters. The van der Waals surface area contributed by atoms with Gasteiger partial charge in [0.05, 0.1) is 14.2 Å². The van der Waals surface area contributed by atoms with Gasteiger partial charge in [-0.05, 0) is 29.0 Å². The van der Waals surface area contributed by atoms with Gasteiger partial charge in [0.1, 0.15) is 5.84 Å². The predicted octanol–water partition coefficient (Wildman–Crippen LogP) is 2.77. The smallest absolute Gasteiger partial charge is 0.490 e.